The van der Waals surface area contributed by atoms with E-state index in [0.717, 1.165) is 26.2 Å². The van der Waals surface area contributed by atoms with Gasteiger partial charge in [-0.1, -0.05) is 0 Å². The maximum absolute atomic E-state index is 13.1. The van der Waals surface area contributed by atoms with Gasteiger partial charge in [-0.3, -0.25) is 14.6 Å². The SMILES string of the molecule is CC1CNCC(C)N1C(C)C(=O)C(C)N1C(C)CNCC1C. The van der Waals surface area contributed by atoms with Crippen molar-refractivity contribution in [3.63, 3.8) is 0 Å². The highest BCUT2D eigenvalue weighted by molar-refractivity contribution is 5.88. The fraction of sp³-hybridized carbons (Fsp3) is 0.941. The Morgan fingerprint density at radius 1 is 0.773 bits per heavy atom. The molecule has 2 aliphatic rings. The van der Waals surface area contributed by atoms with Crippen molar-refractivity contribution >= 4 is 5.78 Å². The van der Waals surface area contributed by atoms with Crippen molar-refractivity contribution in [2.24, 2.45) is 0 Å². The molecule has 0 aromatic carbocycles. The summed E-state index contributed by atoms with van der Waals surface area (Å²) in [6, 6.07) is 1.61. The fourth-order valence-corrected chi connectivity index (χ4v) is 4.46. The second-order valence-corrected chi connectivity index (χ2v) is 7.36. The zero-order chi connectivity index (χ0) is 16.4. The first-order valence-corrected chi connectivity index (χ1v) is 8.84. The van der Waals surface area contributed by atoms with E-state index in [9.17, 15) is 4.79 Å². The van der Waals surface area contributed by atoms with Gasteiger partial charge < -0.3 is 10.6 Å². The molecule has 0 aromatic rings. The monoisotopic (exact) mass is 310 g/mol. The molecule has 0 aliphatic carbocycles. The molecule has 6 unspecified atom stereocenters. The van der Waals surface area contributed by atoms with Crippen molar-refractivity contribution in [2.45, 2.75) is 77.8 Å². The minimum absolute atomic E-state index is 0.0172. The lowest BCUT2D eigenvalue weighted by Crippen LogP contribution is -2.64. The number of ketones is 1. The molecule has 0 bridgehead atoms. The summed E-state index contributed by atoms with van der Waals surface area (Å²) in [6.07, 6.45) is 0. The number of hydrogen-bond acceptors (Lipinski definition) is 5. The summed E-state index contributed by atoms with van der Waals surface area (Å²) in [5.41, 5.74) is 0. The van der Waals surface area contributed by atoms with Crippen molar-refractivity contribution in [2.75, 3.05) is 26.2 Å². The topological polar surface area (TPSA) is 47.6 Å². The maximum Gasteiger partial charge on any atom is 0.166 e. The largest absolute Gasteiger partial charge is 0.314 e. The molecule has 6 atom stereocenters. The van der Waals surface area contributed by atoms with E-state index in [1.165, 1.54) is 0 Å². The molecular formula is C17H34N4O. The molecule has 5 heteroatoms. The molecular weight excluding hydrogens is 276 g/mol. The van der Waals surface area contributed by atoms with Gasteiger partial charge in [0.1, 0.15) is 0 Å². The van der Waals surface area contributed by atoms with E-state index >= 15 is 0 Å². The quantitative estimate of drug-likeness (QED) is 0.800. The first-order valence-electron chi connectivity index (χ1n) is 8.84. The van der Waals surface area contributed by atoms with Gasteiger partial charge in [-0.15, -0.1) is 0 Å². The van der Waals surface area contributed by atoms with E-state index in [-0.39, 0.29) is 12.1 Å². The van der Waals surface area contributed by atoms with E-state index in [1.54, 1.807) is 0 Å². The van der Waals surface area contributed by atoms with E-state index < -0.39 is 0 Å². The van der Waals surface area contributed by atoms with Crippen LogP contribution in [0.5, 0.6) is 0 Å². The van der Waals surface area contributed by atoms with Crippen LogP contribution in [-0.2, 0) is 4.79 Å². The minimum Gasteiger partial charge on any atom is -0.314 e. The van der Waals surface area contributed by atoms with Crippen LogP contribution in [0.25, 0.3) is 0 Å². The molecule has 22 heavy (non-hydrogen) atoms. The van der Waals surface area contributed by atoms with E-state index in [2.05, 4.69) is 62.0 Å². The molecule has 0 radical (unpaired) electrons. The van der Waals surface area contributed by atoms with Gasteiger partial charge in [0.2, 0.25) is 0 Å². The number of carbonyl (C=O) groups excluding carboxylic acids is 1. The standard InChI is InChI=1S/C17H34N4O/c1-11-7-18-8-12(2)20(11)15(5)17(22)16(6)21-13(3)9-19-10-14(21)4/h11-16,18-19H,7-10H2,1-6H3. The molecule has 2 fully saturated rings. The lowest BCUT2D eigenvalue weighted by Gasteiger charge is -2.46. The predicted octanol–water partition coefficient (Wildman–Crippen LogP) is 0.697. The van der Waals surface area contributed by atoms with Crippen LogP contribution < -0.4 is 10.6 Å². The van der Waals surface area contributed by atoms with Crippen LogP contribution in [0.2, 0.25) is 0 Å². The summed E-state index contributed by atoms with van der Waals surface area (Å²) in [4.78, 5) is 17.9. The summed E-state index contributed by atoms with van der Waals surface area (Å²) in [5, 5.41) is 6.89. The van der Waals surface area contributed by atoms with Crippen LogP contribution in [-0.4, -0.2) is 78.0 Å². The van der Waals surface area contributed by atoms with E-state index in [0.29, 0.717) is 30.0 Å². The molecule has 2 saturated heterocycles. The summed E-state index contributed by atoms with van der Waals surface area (Å²) in [5.74, 6) is 0.362. The molecule has 2 heterocycles. The van der Waals surface area contributed by atoms with Gasteiger partial charge in [-0.05, 0) is 41.5 Å². The van der Waals surface area contributed by atoms with E-state index in [1.807, 2.05) is 0 Å². The Balaban J connectivity index is 2.08. The van der Waals surface area contributed by atoms with Gasteiger partial charge in [-0.25, -0.2) is 0 Å². The third kappa shape index (κ3) is 3.53. The molecule has 2 rings (SSSR count). The van der Waals surface area contributed by atoms with Crippen molar-refractivity contribution < 1.29 is 4.79 Å². The number of nitrogens with one attached hydrogen (secondary N) is 2. The highest BCUT2D eigenvalue weighted by Crippen LogP contribution is 2.20. The third-order valence-electron chi connectivity index (χ3n) is 5.51. The average Bonchev–Trinajstić information content (AvgIpc) is 2.45. The molecule has 2 aliphatic heterocycles. The zero-order valence-electron chi connectivity index (χ0n) is 15.1. The van der Waals surface area contributed by atoms with Crippen LogP contribution in [0.15, 0.2) is 0 Å². The lowest BCUT2D eigenvalue weighted by atomic mass is 9.97. The molecule has 5 nitrogen and oxygen atoms in total. The van der Waals surface area contributed by atoms with Gasteiger partial charge in [0.25, 0.3) is 0 Å². The van der Waals surface area contributed by atoms with Crippen molar-refractivity contribution in [3.05, 3.63) is 0 Å². The van der Waals surface area contributed by atoms with Gasteiger partial charge in [-0.2, -0.15) is 0 Å². The smallest absolute Gasteiger partial charge is 0.166 e. The Labute approximate surface area is 135 Å². The van der Waals surface area contributed by atoms with Crippen LogP contribution in [0.1, 0.15) is 41.5 Å². The molecule has 128 valence electrons. The predicted molar refractivity (Wildman–Crippen MR) is 91.2 cm³/mol. The average molecular weight is 310 g/mol. The van der Waals surface area contributed by atoms with Crippen LogP contribution in [0, 0.1) is 0 Å². The Hall–Kier alpha value is -0.490. The van der Waals surface area contributed by atoms with Crippen LogP contribution >= 0.6 is 0 Å². The Morgan fingerprint density at radius 3 is 1.32 bits per heavy atom. The summed E-state index contributed by atoms with van der Waals surface area (Å²) in [7, 11) is 0. The third-order valence-corrected chi connectivity index (χ3v) is 5.51. The molecule has 0 aromatic heterocycles. The molecule has 0 spiro atoms. The number of piperazine rings is 2. The fourth-order valence-electron chi connectivity index (χ4n) is 4.46. The van der Waals surface area contributed by atoms with Gasteiger partial charge in [0, 0.05) is 50.3 Å². The first kappa shape index (κ1) is 17.9. The zero-order valence-corrected chi connectivity index (χ0v) is 15.1. The lowest BCUT2D eigenvalue weighted by molar-refractivity contribution is -0.133. The number of carbonyl (C=O) groups is 1. The molecule has 0 saturated carbocycles. The first-order chi connectivity index (χ1) is 10.3. The second-order valence-electron chi connectivity index (χ2n) is 7.36. The van der Waals surface area contributed by atoms with Crippen molar-refractivity contribution in [1.29, 1.82) is 0 Å². The van der Waals surface area contributed by atoms with Crippen LogP contribution in [0.4, 0.5) is 0 Å². The Morgan fingerprint density at radius 2 is 1.05 bits per heavy atom. The van der Waals surface area contributed by atoms with Crippen LogP contribution in [0.3, 0.4) is 0 Å². The van der Waals surface area contributed by atoms with Crippen molar-refractivity contribution in [3.8, 4) is 0 Å². The van der Waals surface area contributed by atoms with Crippen molar-refractivity contribution in [1.82, 2.24) is 20.4 Å². The number of rotatable bonds is 4. The maximum atomic E-state index is 13.1. The summed E-state index contributed by atoms with van der Waals surface area (Å²) in [6.45, 7) is 16.9. The Bertz CT molecular complexity index is 335. The van der Waals surface area contributed by atoms with Gasteiger partial charge in [0.15, 0.2) is 5.78 Å². The van der Waals surface area contributed by atoms with Gasteiger partial charge >= 0.3 is 0 Å². The van der Waals surface area contributed by atoms with E-state index in [4.69, 9.17) is 0 Å². The molecule has 2 N–H and O–H groups in total. The highest BCUT2D eigenvalue weighted by Gasteiger charge is 2.38. The normalized spacial score (nSPS) is 37.7. The summed E-state index contributed by atoms with van der Waals surface area (Å²) < 4.78 is 0. The molecule has 0 amide bonds. The number of hydrogen-bond donors (Lipinski definition) is 2. The number of nitrogens with zero attached hydrogens (tertiary/aromatic N) is 2. The van der Waals surface area contributed by atoms with Gasteiger partial charge in [0.05, 0.1) is 12.1 Å². The minimum atomic E-state index is -0.0172. The second kappa shape index (κ2) is 7.39. The highest BCUT2D eigenvalue weighted by atomic mass is 16.1. The number of Topliss-reactive ketones (excluding diaryl/α,β-unsaturated/α-hetero) is 1. The Kier molecular flexibility index (Phi) is 6.00. The summed E-state index contributed by atoms with van der Waals surface area (Å²) >= 11 is 0.